The number of hydrogen-bond acceptors (Lipinski definition) is 6. The van der Waals surface area contributed by atoms with Gasteiger partial charge in [0.2, 0.25) is 0 Å². The van der Waals surface area contributed by atoms with E-state index in [1.807, 2.05) is 0 Å². The molecule has 4 rings (SSSR count). The molecule has 1 aliphatic rings. The van der Waals surface area contributed by atoms with Gasteiger partial charge >= 0.3 is 5.97 Å². The van der Waals surface area contributed by atoms with E-state index in [2.05, 4.69) is 5.32 Å². The Morgan fingerprint density at radius 3 is 2.17 bits per heavy atom. The highest BCUT2D eigenvalue weighted by Gasteiger charge is 2.50. The SMILES string of the molecule is CC1(C)O[C@@H](C(=O)NC(Cc2ccc(OCc3c(Cl)cccc3Cl)cc2)C(=O)O)[C@H](C(=O)N(Cl)c2ccccc2)O1. The van der Waals surface area contributed by atoms with Gasteiger partial charge in [-0.2, -0.15) is 0 Å². The van der Waals surface area contributed by atoms with Crippen LogP contribution < -0.4 is 14.5 Å². The molecule has 0 bridgehead atoms. The Balaban J connectivity index is 1.41. The summed E-state index contributed by atoms with van der Waals surface area (Å²) in [6, 6.07) is 18.9. The van der Waals surface area contributed by atoms with Crippen LogP contribution in [0.2, 0.25) is 10.0 Å². The number of ether oxygens (including phenoxy) is 3. The number of carbonyl (C=O) groups excluding carboxylic acids is 2. The fourth-order valence-corrected chi connectivity index (χ4v) is 4.88. The molecular weight excluding hydrogens is 595 g/mol. The van der Waals surface area contributed by atoms with Crippen molar-refractivity contribution in [2.75, 3.05) is 4.42 Å². The first-order valence-electron chi connectivity index (χ1n) is 12.5. The number of aliphatic carboxylic acids is 1. The number of carbonyl (C=O) groups is 3. The van der Waals surface area contributed by atoms with Crippen LogP contribution in [0.4, 0.5) is 5.69 Å². The van der Waals surface area contributed by atoms with Crippen molar-refractivity contribution in [1.82, 2.24) is 5.32 Å². The number of nitrogens with one attached hydrogen (secondary N) is 1. The summed E-state index contributed by atoms with van der Waals surface area (Å²) in [6.07, 6.45) is -2.88. The molecule has 1 heterocycles. The molecule has 1 saturated heterocycles. The zero-order valence-electron chi connectivity index (χ0n) is 22.1. The second-order valence-electron chi connectivity index (χ2n) is 9.67. The zero-order valence-corrected chi connectivity index (χ0v) is 24.3. The third-order valence-electron chi connectivity index (χ3n) is 6.20. The molecule has 0 spiro atoms. The summed E-state index contributed by atoms with van der Waals surface area (Å²) in [7, 11) is 0. The molecule has 3 aromatic carbocycles. The lowest BCUT2D eigenvalue weighted by molar-refractivity contribution is -0.159. The topological polar surface area (TPSA) is 114 Å². The maximum Gasteiger partial charge on any atom is 0.326 e. The molecule has 3 atom stereocenters. The minimum atomic E-state index is -1.43. The molecule has 41 heavy (non-hydrogen) atoms. The fraction of sp³-hybridized carbons (Fsp3) is 0.276. The second-order valence-corrected chi connectivity index (χ2v) is 10.8. The number of benzene rings is 3. The van der Waals surface area contributed by atoms with Crippen LogP contribution in [0.3, 0.4) is 0 Å². The molecule has 1 unspecified atom stereocenters. The van der Waals surface area contributed by atoms with Gasteiger partial charge in [0.15, 0.2) is 18.0 Å². The number of rotatable bonds is 10. The summed E-state index contributed by atoms with van der Waals surface area (Å²) in [5, 5.41) is 13.3. The number of halogens is 3. The molecule has 0 aliphatic carbocycles. The van der Waals surface area contributed by atoms with Gasteiger partial charge in [0.1, 0.15) is 18.4 Å². The Hall–Kier alpha value is -3.34. The van der Waals surface area contributed by atoms with Crippen molar-refractivity contribution in [2.45, 2.75) is 50.9 Å². The maximum atomic E-state index is 13.2. The molecule has 0 aromatic heterocycles. The molecule has 1 fully saturated rings. The minimum absolute atomic E-state index is 0.0427. The lowest BCUT2D eigenvalue weighted by atomic mass is 10.0. The van der Waals surface area contributed by atoms with Gasteiger partial charge in [-0.25, -0.2) is 9.21 Å². The first kappa shape index (κ1) is 30.6. The molecule has 1 aliphatic heterocycles. The van der Waals surface area contributed by atoms with E-state index in [-0.39, 0.29) is 13.0 Å². The van der Waals surface area contributed by atoms with Crippen molar-refractivity contribution < 1.29 is 33.7 Å². The Bertz CT molecular complexity index is 1380. The standard InChI is InChI=1S/C29H27Cl3N2O7/c1-29(2)40-24(25(41-29)27(36)34(32)18-7-4-3-5-8-18)26(35)33-23(28(37)38)15-17-11-13-19(14-12-17)39-16-20-21(30)9-6-10-22(20)31/h3-14,23-25H,15-16H2,1-2H3,(H,33,35)(H,37,38)/t23?,24-,25-/m1/s1. The third kappa shape index (κ3) is 7.69. The molecule has 3 aromatic rings. The highest BCUT2D eigenvalue weighted by Crippen LogP contribution is 2.32. The van der Waals surface area contributed by atoms with Crippen LogP contribution in [0.25, 0.3) is 0 Å². The first-order valence-corrected chi connectivity index (χ1v) is 13.6. The number of para-hydroxylation sites is 1. The van der Waals surface area contributed by atoms with Crippen LogP contribution >= 0.6 is 35.0 Å². The average Bonchev–Trinajstić information content (AvgIpc) is 3.28. The van der Waals surface area contributed by atoms with Crippen molar-refractivity contribution in [2.24, 2.45) is 0 Å². The molecule has 12 heteroatoms. The number of anilines is 1. The van der Waals surface area contributed by atoms with Crippen molar-refractivity contribution in [3.63, 3.8) is 0 Å². The van der Waals surface area contributed by atoms with Gasteiger partial charge in [-0.3, -0.25) is 9.59 Å². The summed E-state index contributed by atoms with van der Waals surface area (Å²) < 4.78 is 18.0. The van der Waals surface area contributed by atoms with E-state index in [0.717, 1.165) is 4.42 Å². The summed E-state index contributed by atoms with van der Waals surface area (Å²) in [5.41, 5.74) is 1.64. The van der Waals surface area contributed by atoms with Gasteiger partial charge in [-0.1, -0.05) is 59.6 Å². The highest BCUT2D eigenvalue weighted by molar-refractivity contribution is 6.37. The van der Waals surface area contributed by atoms with E-state index in [4.69, 9.17) is 49.2 Å². The predicted molar refractivity (Wildman–Crippen MR) is 154 cm³/mol. The van der Waals surface area contributed by atoms with Crippen molar-refractivity contribution >= 4 is 58.4 Å². The molecule has 2 N–H and O–H groups in total. The molecule has 216 valence electrons. The van der Waals surface area contributed by atoms with Crippen LogP contribution in [0, 0.1) is 0 Å². The lowest BCUT2D eigenvalue weighted by Gasteiger charge is -2.22. The number of hydrogen-bond donors (Lipinski definition) is 2. The van der Waals surface area contributed by atoms with Crippen LogP contribution in [0.15, 0.2) is 72.8 Å². The molecule has 0 saturated carbocycles. The fourth-order valence-electron chi connectivity index (χ4n) is 4.17. The normalized spacial score (nSPS) is 18.4. The van der Waals surface area contributed by atoms with Gasteiger partial charge in [-0.15, -0.1) is 0 Å². The maximum absolute atomic E-state index is 13.2. The van der Waals surface area contributed by atoms with Crippen LogP contribution in [0.1, 0.15) is 25.0 Å². The smallest absolute Gasteiger partial charge is 0.326 e. The molecular formula is C29H27Cl3N2O7. The molecule has 0 radical (unpaired) electrons. The monoisotopic (exact) mass is 620 g/mol. The van der Waals surface area contributed by atoms with E-state index in [0.29, 0.717) is 32.6 Å². The van der Waals surface area contributed by atoms with E-state index in [1.54, 1.807) is 86.6 Å². The summed E-state index contributed by atoms with van der Waals surface area (Å²) >= 11 is 18.6. The van der Waals surface area contributed by atoms with Crippen molar-refractivity contribution in [1.29, 1.82) is 0 Å². The van der Waals surface area contributed by atoms with Gasteiger partial charge in [-0.05, 0) is 55.8 Å². The Morgan fingerprint density at radius 2 is 1.56 bits per heavy atom. The average molecular weight is 622 g/mol. The van der Waals surface area contributed by atoms with E-state index in [1.165, 1.54) is 0 Å². The number of amides is 2. The number of carboxylic acids is 1. The van der Waals surface area contributed by atoms with Gasteiger partial charge in [0, 0.05) is 33.8 Å². The first-order chi connectivity index (χ1) is 19.4. The number of nitrogens with zero attached hydrogens (tertiary/aromatic N) is 1. The summed E-state index contributed by atoms with van der Waals surface area (Å²) in [6.45, 7) is 3.23. The van der Waals surface area contributed by atoms with Gasteiger partial charge in [0.05, 0.1) is 5.69 Å². The van der Waals surface area contributed by atoms with Gasteiger partial charge in [0.25, 0.3) is 11.8 Å². The van der Waals surface area contributed by atoms with Crippen molar-refractivity contribution in [3.8, 4) is 5.75 Å². The number of carboxylic acid groups (broad SMARTS) is 1. The summed E-state index contributed by atoms with van der Waals surface area (Å²) in [4.78, 5) is 38.4. The Morgan fingerprint density at radius 1 is 0.951 bits per heavy atom. The lowest BCUT2D eigenvalue weighted by Crippen LogP contribution is -2.52. The zero-order chi connectivity index (χ0) is 29.7. The van der Waals surface area contributed by atoms with E-state index in [9.17, 15) is 19.5 Å². The molecule has 2 amide bonds. The van der Waals surface area contributed by atoms with Crippen LogP contribution in [-0.2, 0) is 36.9 Å². The van der Waals surface area contributed by atoms with E-state index >= 15 is 0 Å². The minimum Gasteiger partial charge on any atom is -0.489 e. The Kier molecular flexibility index (Phi) is 9.78. The summed E-state index contributed by atoms with van der Waals surface area (Å²) in [5.74, 6) is -3.60. The quantitative estimate of drug-likeness (QED) is 0.292. The van der Waals surface area contributed by atoms with Crippen LogP contribution in [0.5, 0.6) is 5.75 Å². The third-order valence-corrected chi connectivity index (χ3v) is 7.27. The highest BCUT2D eigenvalue weighted by atomic mass is 35.5. The molecule has 9 nitrogen and oxygen atoms in total. The van der Waals surface area contributed by atoms with Gasteiger partial charge < -0.3 is 24.6 Å². The van der Waals surface area contributed by atoms with E-state index < -0.39 is 41.8 Å². The largest absolute Gasteiger partial charge is 0.489 e. The predicted octanol–water partition coefficient (Wildman–Crippen LogP) is 5.39. The second kappa shape index (κ2) is 13.1. The Labute approximate surface area is 252 Å². The van der Waals surface area contributed by atoms with Crippen LogP contribution in [-0.4, -0.2) is 46.9 Å². The van der Waals surface area contributed by atoms with Crippen molar-refractivity contribution in [3.05, 3.63) is 94.0 Å².